The van der Waals surface area contributed by atoms with Crippen molar-refractivity contribution >= 4 is 5.97 Å². The molecule has 0 aromatic carbocycles. The number of hydrogen-bond acceptors (Lipinski definition) is 2. The van der Waals surface area contributed by atoms with Crippen LogP contribution in [0.25, 0.3) is 0 Å². The maximum absolute atomic E-state index is 10.3. The molecule has 0 bridgehead atoms. The summed E-state index contributed by atoms with van der Waals surface area (Å²) in [6.45, 7) is 2.19. The Morgan fingerprint density at radius 3 is 2.47 bits per heavy atom. The van der Waals surface area contributed by atoms with Gasteiger partial charge in [0.1, 0.15) is 0 Å². The summed E-state index contributed by atoms with van der Waals surface area (Å²) in [5.41, 5.74) is 0. The third-order valence-corrected chi connectivity index (χ3v) is 2.29. The highest BCUT2D eigenvalue weighted by Gasteiger charge is 2.09. The third kappa shape index (κ3) is 9.47. The minimum atomic E-state index is -1.25. The van der Waals surface area contributed by atoms with Crippen molar-refractivity contribution in [2.24, 2.45) is 0 Å². The predicted molar refractivity (Wildman–Crippen MR) is 60.8 cm³/mol. The van der Waals surface area contributed by atoms with Gasteiger partial charge in [-0.05, 0) is 12.8 Å². The van der Waals surface area contributed by atoms with Crippen LogP contribution in [0.5, 0.6) is 0 Å². The van der Waals surface area contributed by atoms with Crippen LogP contribution in [0.3, 0.4) is 0 Å². The lowest BCUT2D eigenvalue weighted by atomic mass is 10.1. The zero-order valence-electron chi connectivity index (χ0n) is 9.48. The molecule has 0 saturated carbocycles. The van der Waals surface area contributed by atoms with Crippen LogP contribution < -0.4 is 0 Å². The van der Waals surface area contributed by atoms with E-state index in [1.165, 1.54) is 25.7 Å². The highest BCUT2D eigenvalue weighted by atomic mass is 16.4. The molecular weight excluding hydrogens is 192 g/mol. The van der Waals surface area contributed by atoms with Gasteiger partial charge in [-0.3, -0.25) is 0 Å². The number of aliphatic hydroxyl groups excluding tert-OH is 1. The first kappa shape index (κ1) is 14.2. The number of aliphatic hydroxyl groups is 1. The highest BCUT2D eigenvalue weighted by Crippen LogP contribution is 2.05. The van der Waals surface area contributed by atoms with Gasteiger partial charge < -0.3 is 10.2 Å². The van der Waals surface area contributed by atoms with Crippen molar-refractivity contribution < 1.29 is 15.0 Å². The third-order valence-electron chi connectivity index (χ3n) is 2.29. The van der Waals surface area contributed by atoms with E-state index in [1.807, 2.05) is 6.08 Å². The van der Waals surface area contributed by atoms with Crippen molar-refractivity contribution in [2.75, 3.05) is 0 Å². The molecule has 1 atom stereocenters. The summed E-state index contributed by atoms with van der Waals surface area (Å²) >= 11 is 0. The van der Waals surface area contributed by atoms with E-state index in [9.17, 15) is 4.79 Å². The molecule has 0 aromatic rings. The second-order valence-electron chi connectivity index (χ2n) is 3.76. The van der Waals surface area contributed by atoms with Crippen molar-refractivity contribution in [2.45, 2.75) is 58.0 Å². The van der Waals surface area contributed by atoms with E-state index in [0.29, 0.717) is 0 Å². The Morgan fingerprint density at radius 2 is 1.87 bits per heavy atom. The molecule has 0 amide bonds. The maximum atomic E-state index is 10.3. The minimum Gasteiger partial charge on any atom is -0.479 e. The predicted octanol–water partition coefficient (Wildman–Crippen LogP) is 2.74. The molecule has 0 aliphatic heterocycles. The quantitative estimate of drug-likeness (QED) is 0.458. The smallest absolute Gasteiger partial charge is 0.332 e. The van der Waals surface area contributed by atoms with Gasteiger partial charge in [-0.2, -0.15) is 0 Å². The molecule has 2 N–H and O–H groups in total. The summed E-state index contributed by atoms with van der Waals surface area (Å²) in [4.78, 5) is 10.3. The van der Waals surface area contributed by atoms with Crippen LogP contribution in [0.15, 0.2) is 12.2 Å². The lowest BCUT2D eigenvalue weighted by molar-refractivity contribution is -0.146. The zero-order valence-corrected chi connectivity index (χ0v) is 9.48. The zero-order chi connectivity index (χ0) is 11.5. The first-order chi connectivity index (χ1) is 7.18. The van der Waals surface area contributed by atoms with E-state index < -0.39 is 12.1 Å². The molecule has 0 rings (SSSR count). The van der Waals surface area contributed by atoms with Crippen molar-refractivity contribution in [3.8, 4) is 0 Å². The Morgan fingerprint density at radius 1 is 1.20 bits per heavy atom. The molecule has 0 radical (unpaired) electrons. The van der Waals surface area contributed by atoms with Gasteiger partial charge in [0, 0.05) is 6.42 Å². The number of aliphatic carboxylic acids is 1. The van der Waals surface area contributed by atoms with Crippen LogP contribution in [0.4, 0.5) is 0 Å². The number of hydrogen-bond donors (Lipinski definition) is 2. The fourth-order valence-corrected chi connectivity index (χ4v) is 1.31. The standard InChI is InChI=1S/C12H22O3/c1-2-3-4-5-6-7-8-9-10-11(13)12(14)15/h8-9,11,13H,2-7,10H2,1H3,(H,14,15)/b9-8+. The maximum Gasteiger partial charge on any atom is 0.332 e. The van der Waals surface area contributed by atoms with Gasteiger partial charge in [0.15, 0.2) is 6.10 Å². The van der Waals surface area contributed by atoms with Crippen molar-refractivity contribution in [3.05, 3.63) is 12.2 Å². The molecule has 0 heterocycles. The number of rotatable bonds is 9. The average Bonchev–Trinajstić information content (AvgIpc) is 2.21. The van der Waals surface area contributed by atoms with Gasteiger partial charge in [-0.25, -0.2) is 4.79 Å². The topological polar surface area (TPSA) is 57.5 Å². The average molecular weight is 214 g/mol. The van der Waals surface area contributed by atoms with Gasteiger partial charge in [-0.1, -0.05) is 44.8 Å². The van der Waals surface area contributed by atoms with E-state index in [-0.39, 0.29) is 6.42 Å². The molecule has 88 valence electrons. The lowest BCUT2D eigenvalue weighted by Crippen LogP contribution is -2.17. The van der Waals surface area contributed by atoms with Gasteiger partial charge >= 0.3 is 5.97 Å². The van der Waals surface area contributed by atoms with Crippen molar-refractivity contribution in [3.63, 3.8) is 0 Å². The molecular formula is C12H22O3. The summed E-state index contributed by atoms with van der Waals surface area (Å²) in [5.74, 6) is -1.15. The second kappa shape index (κ2) is 9.71. The Labute approximate surface area is 91.8 Å². The summed E-state index contributed by atoms with van der Waals surface area (Å²) in [5, 5.41) is 17.3. The van der Waals surface area contributed by atoms with Crippen LogP contribution >= 0.6 is 0 Å². The first-order valence-electron chi connectivity index (χ1n) is 5.74. The van der Waals surface area contributed by atoms with Crippen LogP contribution in [0.1, 0.15) is 51.9 Å². The molecule has 0 saturated heterocycles. The molecule has 0 fully saturated rings. The van der Waals surface area contributed by atoms with Gasteiger partial charge in [0.05, 0.1) is 0 Å². The number of carboxylic acid groups (broad SMARTS) is 1. The normalized spacial score (nSPS) is 13.2. The van der Waals surface area contributed by atoms with Crippen LogP contribution in [-0.4, -0.2) is 22.3 Å². The van der Waals surface area contributed by atoms with Crippen LogP contribution in [0.2, 0.25) is 0 Å². The molecule has 0 aliphatic carbocycles. The van der Waals surface area contributed by atoms with Gasteiger partial charge in [0.25, 0.3) is 0 Å². The molecule has 1 unspecified atom stereocenters. The van der Waals surface area contributed by atoms with Crippen molar-refractivity contribution in [1.82, 2.24) is 0 Å². The number of unbranched alkanes of at least 4 members (excludes halogenated alkanes) is 5. The molecule has 0 aromatic heterocycles. The minimum absolute atomic E-state index is 0.213. The van der Waals surface area contributed by atoms with Gasteiger partial charge in [0.2, 0.25) is 0 Å². The molecule has 0 spiro atoms. The Hall–Kier alpha value is -0.830. The second-order valence-corrected chi connectivity index (χ2v) is 3.76. The highest BCUT2D eigenvalue weighted by molar-refractivity contribution is 5.72. The summed E-state index contributed by atoms with van der Waals surface area (Å²) < 4.78 is 0. The molecule has 3 nitrogen and oxygen atoms in total. The summed E-state index contributed by atoms with van der Waals surface area (Å²) in [6, 6.07) is 0. The Kier molecular flexibility index (Phi) is 9.18. The van der Waals surface area contributed by atoms with Crippen molar-refractivity contribution in [1.29, 1.82) is 0 Å². The molecule has 3 heteroatoms. The van der Waals surface area contributed by atoms with E-state index in [0.717, 1.165) is 12.8 Å². The van der Waals surface area contributed by atoms with E-state index in [4.69, 9.17) is 10.2 Å². The van der Waals surface area contributed by atoms with E-state index in [1.54, 1.807) is 6.08 Å². The number of carboxylic acids is 1. The van der Waals surface area contributed by atoms with E-state index >= 15 is 0 Å². The molecule has 0 aliphatic rings. The largest absolute Gasteiger partial charge is 0.479 e. The summed E-state index contributed by atoms with van der Waals surface area (Å²) in [7, 11) is 0. The number of allylic oxidation sites excluding steroid dienone is 1. The first-order valence-corrected chi connectivity index (χ1v) is 5.74. The SMILES string of the molecule is CCCCCCC/C=C/CC(O)C(=O)O. The van der Waals surface area contributed by atoms with E-state index in [2.05, 4.69) is 6.92 Å². The fourth-order valence-electron chi connectivity index (χ4n) is 1.31. The summed E-state index contributed by atoms with van der Waals surface area (Å²) in [6.07, 6.45) is 9.86. The molecule has 15 heavy (non-hydrogen) atoms. The number of carbonyl (C=O) groups is 1. The Balaban J connectivity index is 3.28. The van der Waals surface area contributed by atoms with Crippen LogP contribution in [0, 0.1) is 0 Å². The fraction of sp³-hybridized carbons (Fsp3) is 0.750. The monoisotopic (exact) mass is 214 g/mol. The Bertz CT molecular complexity index is 187. The lowest BCUT2D eigenvalue weighted by Gasteiger charge is -1.99. The van der Waals surface area contributed by atoms with Gasteiger partial charge in [-0.15, -0.1) is 0 Å². The van der Waals surface area contributed by atoms with Crippen LogP contribution in [-0.2, 0) is 4.79 Å².